The molecule has 2 heterocycles. The second kappa shape index (κ2) is 8.71. The van der Waals surface area contributed by atoms with Gasteiger partial charge in [-0.15, -0.1) is 0 Å². The molecule has 37 heavy (non-hydrogen) atoms. The van der Waals surface area contributed by atoms with Crippen LogP contribution < -0.4 is 14.2 Å². The third kappa shape index (κ3) is 3.42. The highest BCUT2D eigenvalue weighted by molar-refractivity contribution is 6.02. The van der Waals surface area contributed by atoms with E-state index >= 15 is 0 Å². The summed E-state index contributed by atoms with van der Waals surface area (Å²) in [7, 11) is 1.61. The van der Waals surface area contributed by atoms with E-state index in [0.29, 0.717) is 35.0 Å². The fourth-order valence-electron chi connectivity index (χ4n) is 5.14. The van der Waals surface area contributed by atoms with Crippen molar-refractivity contribution in [2.75, 3.05) is 13.7 Å². The lowest BCUT2D eigenvalue weighted by atomic mass is 9.75. The minimum absolute atomic E-state index is 0.0594. The van der Waals surface area contributed by atoms with E-state index in [-0.39, 0.29) is 11.7 Å². The molecule has 0 aromatic heterocycles. The van der Waals surface area contributed by atoms with Gasteiger partial charge in [0.1, 0.15) is 34.3 Å². The van der Waals surface area contributed by atoms with Crippen LogP contribution in [0.25, 0.3) is 0 Å². The van der Waals surface area contributed by atoms with Crippen LogP contribution in [0, 0.1) is 0 Å². The lowest BCUT2D eigenvalue weighted by Gasteiger charge is -2.41. The molecule has 0 radical (unpaired) electrons. The summed E-state index contributed by atoms with van der Waals surface area (Å²) in [6.07, 6.45) is 1.66. The number of nitrogens with zero attached hydrogens (tertiary/aromatic N) is 2. The summed E-state index contributed by atoms with van der Waals surface area (Å²) in [4.78, 5) is 13.9. The summed E-state index contributed by atoms with van der Waals surface area (Å²) in [5, 5.41) is 16.6. The van der Waals surface area contributed by atoms with E-state index < -0.39 is 5.54 Å². The van der Waals surface area contributed by atoms with E-state index in [1.807, 2.05) is 73.7 Å². The molecule has 7 nitrogen and oxygen atoms in total. The maximum Gasteiger partial charge on any atom is 0.275 e. The number of phenolic OH excluding ortho intramolecular Hbond substituents is 1. The van der Waals surface area contributed by atoms with E-state index in [2.05, 4.69) is 0 Å². The van der Waals surface area contributed by atoms with Gasteiger partial charge in [-0.3, -0.25) is 4.79 Å². The molecule has 0 saturated heterocycles. The Morgan fingerprint density at radius 1 is 0.919 bits per heavy atom. The van der Waals surface area contributed by atoms with Gasteiger partial charge in [0.05, 0.1) is 19.9 Å². The third-order valence-corrected chi connectivity index (χ3v) is 6.72. The predicted molar refractivity (Wildman–Crippen MR) is 139 cm³/mol. The number of methoxy groups -OCH3 is 1. The molecule has 4 aromatic carbocycles. The average molecular weight is 493 g/mol. The Morgan fingerprint density at radius 3 is 2.38 bits per heavy atom. The van der Waals surface area contributed by atoms with Crippen molar-refractivity contribution >= 4 is 12.1 Å². The molecule has 4 aromatic rings. The van der Waals surface area contributed by atoms with Crippen LogP contribution in [0.1, 0.15) is 39.5 Å². The number of fused-ring (bicyclic) bond motifs is 6. The molecule has 6 rings (SSSR count). The molecule has 0 bridgehead atoms. The van der Waals surface area contributed by atoms with Crippen LogP contribution >= 0.6 is 0 Å². The van der Waals surface area contributed by atoms with Crippen molar-refractivity contribution < 1.29 is 24.1 Å². The van der Waals surface area contributed by atoms with E-state index in [1.54, 1.807) is 31.5 Å². The molecule has 0 aliphatic carbocycles. The maximum absolute atomic E-state index is 13.9. The van der Waals surface area contributed by atoms with Crippen molar-refractivity contribution in [2.24, 2.45) is 5.10 Å². The Labute approximate surface area is 214 Å². The van der Waals surface area contributed by atoms with Crippen LogP contribution in [0.2, 0.25) is 0 Å². The first-order valence-corrected chi connectivity index (χ1v) is 12.0. The molecule has 7 heteroatoms. The Balaban J connectivity index is 1.61. The number of hydrazone groups is 1. The lowest BCUT2D eigenvalue weighted by molar-refractivity contribution is 0.0675. The SMILES string of the molecule is CCOc1ccc2c(c1)Oc1cc(O)ccc1C21c2ccccc2C(=O)N1/N=C/c1ccc(OC)cc1. The van der Waals surface area contributed by atoms with Crippen molar-refractivity contribution in [3.63, 3.8) is 0 Å². The molecule has 2 aliphatic heterocycles. The minimum Gasteiger partial charge on any atom is -0.508 e. The molecule has 0 saturated carbocycles. The van der Waals surface area contributed by atoms with Crippen LogP contribution in [0.15, 0.2) is 90.0 Å². The third-order valence-electron chi connectivity index (χ3n) is 6.72. The zero-order valence-corrected chi connectivity index (χ0v) is 20.3. The quantitative estimate of drug-likeness (QED) is 0.362. The normalized spacial score (nSPS) is 17.4. The van der Waals surface area contributed by atoms with Gasteiger partial charge in [0.25, 0.3) is 5.91 Å². The number of carbonyl (C=O) groups excluding carboxylic acids is 1. The highest BCUT2D eigenvalue weighted by Crippen LogP contribution is 2.58. The molecule has 2 aliphatic rings. The summed E-state index contributed by atoms with van der Waals surface area (Å²) < 4.78 is 17.3. The summed E-state index contributed by atoms with van der Waals surface area (Å²) in [6.45, 7) is 2.41. The number of hydrogen-bond acceptors (Lipinski definition) is 6. The summed E-state index contributed by atoms with van der Waals surface area (Å²) in [5.41, 5.74) is 2.48. The number of hydrogen-bond donors (Lipinski definition) is 1. The smallest absolute Gasteiger partial charge is 0.275 e. The van der Waals surface area contributed by atoms with Crippen LogP contribution in [0.4, 0.5) is 0 Å². The number of aromatic hydroxyl groups is 1. The fourth-order valence-corrected chi connectivity index (χ4v) is 5.14. The number of carbonyl (C=O) groups is 1. The topological polar surface area (TPSA) is 80.6 Å². The highest BCUT2D eigenvalue weighted by atomic mass is 16.5. The van der Waals surface area contributed by atoms with Gasteiger partial charge in [-0.1, -0.05) is 18.2 Å². The number of amides is 1. The first kappa shape index (κ1) is 22.7. The van der Waals surface area contributed by atoms with Gasteiger partial charge in [0.2, 0.25) is 0 Å². The average Bonchev–Trinajstić information content (AvgIpc) is 3.16. The second-order valence-electron chi connectivity index (χ2n) is 8.76. The molecular formula is C30H24N2O5. The first-order valence-electron chi connectivity index (χ1n) is 12.0. The second-order valence-corrected chi connectivity index (χ2v) is 8.76. The maximum atomic E-state index is 13.9. The molecule has 0 fully saturated rings. The zero-order valence-electron chi connectivity index (χ0n) is 20.3. The Kier molecular flexibility index (Phi) is 5.34. The van der Waals surface area contributed by atoms with Crippen LogP contribution in [-0.4, -0.2) is 36.0 Å². The highest BCUT2D eigenvalue weighted by Gasteiger charge is 2.57. The Morgan fingerprint density at radius 2 is 1.62 bits per heavy atom. The van der Waals surface area contributed by atoms with Crippen LogP contribution in [0.3, 0.4) is 0 Å². The summed E-state index contributed by atoms with van der Waals surface area (Å²) in [5.74, 6) is 2.17. The Bertz CT molecular complexity index is 1550. The first-order chi connectivity index (χ1) is 18.1. The van der Waals surface area contributed by atoms with Gasteiger partial charge in [-0.2, -0.15) is 5.10 Å². The van der Waals surface area contributed by atoms with Crippen molar-refractivity contribution in [3.05, 3.63) is 113 Å². The number of ether oxygens (including phenoxy) is 3. The van der Waals surface area contributed by atoms with Crippen LogP contribution in [-0.2, 0) is 5.54 Å². The van der Waals surface area contributed by atoms with Gasteiger partial charge in [0.15, 0.2) is 0 Å². The molecule has 184 valence electrons. The monoisotopic (exact) mass is 492 g/mol. The molecule has 1 atom stereocenters. The van der Waals surface area contributed by atoms with E-state index in [4.69, 9.17) is 19.3 Å². The lowest BCUT2D eigenvalue weighted by Crippen LogP contribution is -2.44. The predicted octanol–water partition coefficient (Wildman–Crippen LogP) is 5.69. The summed E-state index contributed by atoms with van der Waals surface area (Å²) >= 11 is 0. The van der Waals surface area contributed by atoms with Gasteiger partial charge in [-0.25, -0.2) is 5.01 Å². The Hall–Kier alpha value is -4.78. The van der Waals surface area contributed by atoms with Gasteiger partial charge < -0.3 is 19.3 Å². The van der Waals surface area contributed by atoms with Crippen LogP contribution in [0.5, 0.6) is 28.7 Å². The van der Waals surface area contributed by atoms with Gasteiger partial charge in [-0.05, 0) is 67.1 Å². The standard InChI is InChI=1S/C30H24N2O5/c1-3-36-22-13-15-26-28(17-22)37-27-16-20(33)10-14-25(27)30(26)24-7-5-4-6-23(24)29(34)32(30)31-18-19-8-11-21(35-2)12-9-19/h4-18,33H,3H2,1-2H3/b31-18+. The fraction of sp³-hybridized carbons (Fsp3) is 0.133. The van der Waals surface area contributed by atoms with Crippen molar-refractivity contribution in [3.8, 4) is 28.7 Å². The number of phenols is 1. The molecule has 1 unspecified atom stereocenters. The molecular weight excluding hydrogens is 468 g/mol. The van der Waals surface area contributed by atoms with E-state index in [1.165, 1.54) is 5.01 Å². The number of benzene rings is 4. The largest absolute Gasteiger partial charge is 0.508 e. The van der Waals surface area contributed by atoms with Gasteiger partial charge >= 0.3 is 0 Å². The zero-order chi connectivity index (χ0) is 25.6. The van der Waals surface area contributed by atoms with Gasteiger partial charge in [0, 0.05) is 34.4 Å². The molecule has 1 spiro atoms. The minimum atomic E-state index is -1.11. The van der Waals surface area contributed by atoms with Crippen molar-refractivity contribution in [1.82, 2.24) is 5.01 Å². The molecule has 1 N–H and O–H groups in total. The summed E-state index contributed by atoms with van der Waals surface area (Å²) in [6, 6.07) is 25.5. The van der Waals surface area contributed by atoms with E-state index in [9.17, 15) is 9.90 Å². The van der Waals surface area contributed by atoms with Crippen molar-refractivity contribution in [2.45, 2.75) is 12.5 Å². The van der Waals surface area contributed by atoms with E-state index in [0.717, 1.165) is 22.4 Å². The van der Waals surface area contributed by atoms with Crippen molar-refractivity contribution in [1.29, 1.82) is 0 Å². The number of rotatable bonds is 5. The molecule has 1 amide bonds.